The number of nitrogens with zero attached hydrogens (tertiary/aromatic N) is 7. The predicted molar refractivity (Wildman–Crippen MR) is 100 cm³/mol. The average Bonchev–Trinajstić information content (AvgIpc) is 3.35. The number of rotatable bonds is 7. The van der Waals surface area contributed by atoms with Gasteiger partial charge in [0.05, 0.1) is 11.7 Å². The first-order valence-electron chi connectivity index (χ1n) is 8.25. The SMILES string of the molecule is Cc1nnc(SCC2=C(C(=O)[O-])N3C(=O)C(NC(=O)Cn4cnnn4)C3SC2)s1.[Na+]. The van der Waals surface area contributed by atoms with Crippen LogP contribution in [0.5, 0.6) is 0 Å². The van der Waals surface area contributed by atoms with Gasteiger partial charge in [0.2, 0.25) is 5.91 Å². The normalized spacial score (nSPS) is 20.3. The Morgan fingerprint density at radius 2 is 2.20 bits per heavy atom. The van der Waals surface area contributed by atoms with E-state index < -0.39 is 29.2 Å². The maximum absolute atomic E-state index is 12.6. The van der Waals surface area contributed by atoms with Crippen LogP contribution in [-0.2, 0) is 20.9 Å². The zero-order chi connectivity index (χ0) is 20.5. The van der Waals surface area contributed by atoms with E-state index >= 15 is 0 Å². The first kappa shape index (κ1) is 23.1. The van der Waals surface area contributed by atoms with E-state index in [1.165, 1.54) is 50.8 Å². The Hall–Kier alpha value is -1.52. The summed E-state index contributed by atoms with van der Waals surface area (Å²) in [6.07, 6.45) is 1.28. The maximum Gasteiger partial charge on any atom is 1.00 e. The largest absolute Gasteiger partial charge is 1.00 e. The number of hydrogen-bond donors (Lipinski definition) is 1. The number of nitrogens with one attached hydrogen (secondary N) is 1. The second kappa shape index (κ2) is 9.74. The van der Waals surface area contributed by atoms with E-state index in [2.05, 4.69) is 31.0 Å². The summed E-state index contributed by atoms with van der Waals surface area (Å²) in [6.45, 7) is 1.70. The van der Waals surface area contributed by atoms with E-state index in [0.717, 1.165) is 9.35 Å². The fourth-order valence-corrected chi connectivity index (χ4v) is 6.19. The van der Waals surface area contributed by atoms with Gasteiger partial charge in [0.1, 0.15) is 29.3 Å². The van der Waals surface area contributed by atoms with Crippen molar-refractivity contribution in [3.8, 4) is 0 Å². The van der Waals surface area contributed by atoms with Gasteiger partial charge in [0.25, 0.3) is 5.91 Å². The molecule has 4 heterocycles. The number of carbonyl (C=O) groups is 3. The molecule has 0 spiro atoms. The molecule has 16 heteroatoms. The van der Waals surface area contributed by atoms with Gasteiger partial charge in [-0.3, -0.25) is 14.5 Å². The van der Waals surface area contributed by atoms with Gasteiger partial charge in [0.15, 0.2) is 4.34 Å². The number of aryl methyl sites for hydroxylation is 1. The molecule has 0 aromatic carbocycles. The maximum atomic E-state index is 12.6. The Morgan fingerprint density at radius 3 is 2.83 bits per heavy atom. The van der Waals surface area contributed by atoms with Gasteiger partial charge in [-0.1, -0.05) is 23.1 Å². The van der Waals surface area contributed by atoms with E-state index in [1.54, 1.807) is 0 Å². The summed E-state index contributed by atoms with van der Waals surface area (Å²) in [7, 11) is 0. The molecule has 12 nitrogen and oxygen atoms in total. The predicted octanol–water partition coefficient (Wildman–Crippen LogP) is -4.97. The summed E-state index contributed by atoms with van der Waals surface area (Å²) in [4.78, 5) is 37.6. The van der Waals surface area contributed by atoms with E-state index in [0.29, 0.717) is 17.1 Å². The molecule has 0 radical (unpaired) electrons. The van der Waals surface area contributed by atoms with Crippen LogP contribution in [0.4, 0.5) is 0 Å². The smallest absolute Gasteiger partial charge is 0.543 e. The molecule has 152 valence electrons. The summed E-state index contributed by atoms with van der Waals surface area (Å²) in [6, 6.07) is -0.807. The minimum atomic E-state index is -1.41. The van der Waals surface area contributed by atoms with Crippen LogP contribution in [0.2, 0.25) is 0 Å². The molecule has 1 saturated heterocycles. The summed E-state index contributed by atoms with van der Waals surface area (Å²) in [5.74, 6) is -1.57. The van der Waals surface area contributed by atoms with Crippen LogP contribution in [-0.4, -0.2) is 76.0 Å². The van der Waals surface area contributed by atoms with Gasteiger partial charge in [-0.05, 0) is 22.9 Å². The van der Waals surface area contributed by atoms with Crippen molar-refractivity contribution in [2.45, 2.75) is 29.2 Å². The van der Waals surface area contributed by atoms with Crippen molar-refractivity contribution in [2.24, 2.45) is 0 Å². The van der Waals surface area contributed by atoms with Gasteiger partial charge < -0.3 is 15.2 Å². The van der Waals surface area contributed by atoms with Crippen molar-refractivity contribution < 1.29 is 49.0 Å². The van der Waals surface area contributed by atoms with Gasteiger partial charge in [0, 0.05) is 11.5 Å². The Kier molecular flexibility index (Phi) is 7.52. The molecule has 2 amide bonds. The fourth-order valence-electron chi connectivity index (χ4n) is 2.89. The van der Waals surface area contributed by atoms with Crippen LogP contribution >= 0.6 is 34.9 Å². The van der Waals surface area contributed by atoms with Crippen molar-refractivity contribution in [3.63, 3.8) is 0 Å². The molecule has 4 rings (SSSR count). The molecule has 2 unspecified atom stereocenters. The zero-order valence-corrected chi connectivity index (χ0v) is 20.3. The number of thioether (sulfide) groups is 2. The quantitative estimate of drug-likeness (QED) is 0.232. The van der Waals surface area contributed by atoms with E-state index in [-0.39, 0.29) is 41.8 Å². The molecule has 1 fully saturated rings. The molecule has 0 aliphatic carbocycles. The molecule has 0 saturated carbocycles. The van der Waals surface area contributed by atoms with Gasteiger partial charge in [-0.25, -0.2) is 4.68 Å². The van der Waals surface area contributed by atoms with Gasteiger partial charge in [-0.15, -0.1) is 27.1 Å². The number of carboxylic acid groups (broad SMARTS) is 1. The summed E-state index contributed by atoms with van der Waals surface area (Å²) in [5, 5.41) is 33.1. The second-order valence-corrected chi connectivity index (χ2v) is 9.59. The average molecular weight is 477 g/mol. The molecule has 2 aromatic heterocycles. The molecule has 0 bridgehead atoms. The zero-order valence-electron chi connectivity index (χ0n) is 15.8. The van der Waals surface area contributed by atoms with Crippen molar-refractivity contribution in [1.29, 1.82) is 0 Å². The Morgan fingerprint density at radius 1 is 1.40 bits per heavy atom. The molecule has 2 aliphatic heterocycles. The minimum Gasteiger partial charge on any atom is -0.543 e. The standard InChI is InChI=1S/C14H14N8O4S3.Na/c1-6-17-18-14(29-6)28-4-7-3-27-12-9(11(24)22(12)10(7)13(25)26)16-8(23)2-21-5-15-19-20-21;/h5,9,12H,2-4H2,1H3,(H,16,23)(H,25,26);/q;+1/p-1. The van der Waals surface area contributed by atoms with Crippen LogP contribution in [0.3, 0.4) is 0 Å². The van der Waals surface area contributed by atoms with Crippen molar-refractivity contribution in [1.82, 2.24) is 40.6 Å². The van der Waals surface area contributed by atoms with Gasteiger partial charge in [-0.2, -0.15) is 0 Å². The molecular weight excluding hydrogens is 463 g/mol. The molecule has 2 aromatic rings. The third kappa shape index (κ3) is 4.70. The molecule has 1 N–H and O–H groups in total. The molecule has 2 aliphatic rings. The Bertz CT molecular complexity index is 997. The van der Waals surface area contributed by atoms with E-state index in [9.17, 15) is 19.5 Å². The van der Waals surface area contributed by atoms with E-state index in [4.69, 9.17) is 0 Å². The second-order valence-electron chi connectivity index (χ2n) is 6.08. The molecule has 2 atom stereocenters. The van der Waals surface area contributed by atoms with Crippen molar-refractivity contribution in [2.75, 3.05) is 11.5 Å². The number of carbonyl (C=O) groups excluding carboxylic acids is 3. The summed E-state index contributed by atoms with van der Waals surface area (Å²) < 4.78 is 1.95. The monoisotopic (exact) mass is 476 g/mol. The first-order chi connectivity index (χ1) is 13.9. The number of amides is 2. The Balaban J connectivity index is 0.00000256. The number of β-lactam (4-membered cyclic amide) rings is 1. The number of fused-ring (bicyclic) bond motifs is 1. The van der Waals surface area contributed by atoms with Crippen LogP contribution in [0, 0.1) is 6.92 Å². The van der Waals surface area contributed by atoms with Crippen molar-refractivity contribution in [3.05, 3.63) is 22.6 Å². The molecular formula is C14H13N8NaO4S3. The minimum absolute atomic E-state index is 0. The number of tetrazole rings is 1. The van der Waals surface area contributed by atoms with Crippen LogP contribution in [0.15, 0.2) is 21.9 Å². The Labute approximate surface area is 204 Å². The van der Waals surface area contributed by atoms with Crippen molar-refractivity contribution >= 4 is 52.6 Å². The van der Waals surface area contributed by atoms with Crippen LogP contribution in [0.1, 0.15) is 5.01 Å². The third-order valence-corrected chi connectivity index (χ3v) is 7.53. The fraction of sp³-hybridized carbons (Fsp3) is 0.429. The number of hydrogen-bond acceptors (Lipinski definition) is 12. The number of aromatic nitrogens is 6. The van der Waals surface area contributed by atoms with Gasteiger partial charge >= 0.3 is 29.6 Å². The molecule has 30 heavy (non-hydrogen) atoms. The topological polar surface area (TPSA) is 159 Å². The van der Waals surface area contributed by atoms with E-state index in [1.807, 2.05) is 6.92 Å². The van der Waals surface area contributed by atoms with Crippen LogP contribution in [0.25, 0.3) is 0 Å². The summed E-state index contributed by atoms with van der Waals surface area (Å²) in [5.41, 5.74) is 0.453. The summed E-state index contributed by atoms with van der Waals surface area (Å²) >= 11 is 4.17. The number of carboxylic acids is 1. The van der Waals surface area contributed by atoms with Crippen LogP contribution < -0.4 is 40.0 Å². The first-order valence-corrected chi connectivity index (χ1v) is 11.1. The number of aliphatic carboxylic acids is 1. The third-order valence-electron chi connectivity index (χ3n) is 4.13.